The SMILES string of the molecule is CC1(N2CCC(n3c(N4CC5CCNCC5C4)nc4ccccc43)CC2)CCCCCCC1. The van der Waals surface area contributed by atoms with Crippen LogP contribution in [0.1, 0.15) is 77.2 Å². The van der Waals surface area contributed by atoms with E-state index in [0.29, 0.717) is 11.6 Å². The predicted molar refractivity (Wildman–Crippen MR) is 137 cm³/mol. The minimum Gasteiger partial charge on any atom is -0.342 e. The summed E-state index contributed by atoms with van der Waals surface area (Å²) in [5.41, 5.74) is 2.94. The van der Waals surface area contributed by atoms with Gasteiger partial charge in [0.2, 0.25) is 5.95 Å². The first-order valence-corrected chi connectivity index (χ1v) is 13.9. The lowest BCUT2D eigenvalue weighted by Crippen LogP contribution is -2.50. The van der Waals surface area contributed by atoms with Crippen LogP contribution in [0.2, 0.25) is 0 Å². The molecule has 1 aromatic heterocycles. The Labute approximate surface area is 199 Å². The number of nitrogens with one attached hydrogen (secondary N) is 1. The molecule has 5 heteroatoms. The maximum absolute atomic E-state index is 5.23. The third-order valence-corrected chi connectivity index (χ3v) is 9.56. The number of hydrogen-bond acceptors (Lipinski definition) is 4. The van der Waals surface area contributed by atoms with Crippen LogP contribution in [0.15, 0.2) is 24.3 Å². The maximum atomic E-state index is 5.23. The molecular formula is C28H43N5. The first kappa shape index (κ1) is 21.9. The molecule has 1 saturated carbocycles. The predicted octanol–water partition coefficient (Wildman–Crippen LogP) is 5.22. The molecule has 0 amide bonds. The van der Waals surface area contributed by atoms with Gasteiger partial charge in [0.15, 0.2) is 0 Å². The Bertz CT molecular complexity index is 921. The molecular weight excluding hydrogens is 406 g/mol. The Kier molecular flexibility index (Phi) is 6.12. The first-order chi connectivity index (χ1) is 16.2. The van der Waals surface area contributed by atoms with Crippen molar-refractivity contribution >= 4 is 17.0 Å². The van der Waals surface area contributed by atoms with Gasteiger partial charge in [-0.1, -0.05) is 44.2 Å². The van der Waals surface area contributed by atoms with E-state index in [9.17, 15) is 0 Å². The fourth-order valence-corrected chi connectivity index (χ4v) is 7.50. The van der Waals surface area contributed by atoms with Crippen LogP contribution in [0.3, 0.4) is 0 Å². The van der Waals surface area contributed by atoms with Crippen molar-refractivity contribution in [2.75, 3.05) is 44.2 Å². The number of benzene rings is 1. The van der Waals surface area contributed by atoms with Gasteiger partial charge in [-0.2, -0.15) is 0 Å². The molecule has 1 aromatic carbocycles. The van der Waals surface area contributed by atoms with Crippen LogP contribution in [-0.2, 0) is 0 Å². The van der Waals surface area contributed by atoms with Gasteiger partial charge in [0.05, 0.1) is 11.0 Å². The molecule has 4 aliphatic rings. The third kappa shape index (κ3) is 4.20. The van der Waals surface area contributed by atoms with E-state index >= 15 is 0 Å². The minimum atomic E-state index is 0.420. The summed E-state index contributed by atoms with van der Waals surface area (Å²) >= 11 is 0. The van der Waals surface area contributed by atoms with Crippen LogP contribution in [-0.4, -0.2) is 59.3 Å². The Morgan fingerprint density at radius 2 is 1.64 bits per heavy atom. The second kappa shape index (κ2) is 9.22. The van der Waals surface area contributed by atoms with Gasteiger partial charge in [-0.15, -0.1) is 0 Å². The van der Waals surface area contributed by atoms with Gasteiger partial charge < -0.3 is 14.8 Å². The summed E-state index contributed by atoms with van der Waals surface area (Å²) in [6, 6.07) is 9.43. The van der Waals surface area contributed by atoms with E-state index in [0.717, 1.165) is 18.4 Å². The maximum Gasteiger partial charge on any atom is 0.206 e. The van der Waals surface area contributed by atoms with Gasteiger partial charge in [-0.25, -0.2) is 4.98 Å². The fourth-order valence-electron chi connectivity index (χ4n) is 7.50. The number of piperidine rings is 2. The molecule has 33 heavy (non-hydrogen) atoms. The number of rotatable bonds is 3. The molecule has 0 bridgehead atoms. The molecule has 3 saturated heterocycles. The van der Waals surface area contributed by atoms with Crippen molar-refractivity contribution in [3.8, 4) is 0 Å². The van der Waals surface area contributed by atoms with Crippen molar-refractivity contribution in [2.45, 2.75) is 82.7 Å². The number of nitrogens with zero attached hydrogens (tertiary/aromatic N) is 4. The number of imidazole rings is 1. The van der Waals surface area contributed by atoms with Gasteiger partial charge in [-0.05, 0) is 76.1 Å². The van der Waals surface area contributed by atoms with Gasteiger partial charge in [0.1, 0.15) is 0 Å². The van der Waals surface area contributed by atoms with E-state index in [1.165, 1.54) is 114 Å². The van der Waals surface area contributed by atoms with Crippen molar-refractivity contribution in [2.24, 2.45) is 11.8 Å². The highest BCUT2D eigenvalue weighted by Crippen LogP contribution is 2.40. The van der Waals surface area contributed by atoms with E-state index in [-0.39, 0.29) is 0 Å². The van der Waals surface area contributed by atoms with Gasteiger partial charge >= 0.3 is 0 Å². The van der Waals surface area contributed by atoms with E-state index in [1.807, 2.05) is 0 Å². The molecule has 180 valence electrons. The average Bonchev–Trinajstić information content (AvgIpc) is 3.43. The second-order valence-electron chi connectivity index (χ2n) is 11.7. The van der Waals surface area contributed by atoms with Crippen LogP contribution in [0.25, 0.3) is 11.0 Å². The molecule has 5 nitrogen and oxygen atoms in total. The topological polar surface area (TPSA) is 36.3 Å². The monoisotopic (exact) mass is 449 g/mol. The summed E-state index contributed by atoms with van der Waals surface area (Å²) in [5.74, 6) is 2.87. The summed E-state index contributed by atoms with van der Waals surface area (Å²) in [5, 5.41) is 3.62. The first-order valence-electron chi connectivity index (χ1n) is 13.9. The molecule has 4 fully saturated rings. The zero-order valence-corrected chi connectivity index (χ0v) is 20.6. The van der Waals surface area contributed by atoms with Crippen LogP contribution in [0.5, 0.6) is 0 Å². The van der Waals surface area contributed by atoms with Crippen molar-refractivity contribution in [3.63, 3.8) is 0 Å². The summed E-state index contributed by atoms with van der Waals surface area (Å²) in [6.45, 7) is 9.76. The van der Waals surface area contributed by atoms with Crippen LogP contribution in [0, 0.1) is 11.8 Å². The number of hydrogen-bond donors (Lipinski definition) is 1. The molecule has 6 rings (SSSR count). The molecule has 2 atom stereocenters. The van der Waals surface area contributed by atoms with E-state index in [4.69, 9.17) is 4.98 Å². The van der Waals surface area contributed by atoms with Crippen molar-refractivity contribution in [1.82, 2.24) is 19.8 Å². The standard InChI is InChI=1S/C28H43N5/c1-28(14-7-3-2-4-8-15-28)32-17-12-24(13-18-32)33-26-10-6-5-9-25(26)30-27(33)31-20-22-11-16-29-19-23(22)21-31/h5-6,9-10,22-24,29H,2-4,7-8,11-21H2,1H3. The largest absolute Gasteiger partial charge is 0.342 e. The van der Waals surface area contributed by atoms with E-state index in [2.05, 4.69) is 50.9 Å². The second-order valence-corrected chi connectivity index (χ2v) is 11.7. The zero-order chi connectivity index (χ0) is 22.3. The quantitative estimate of drug-likeness (QED) is 0.697. The number of anilines is 1. The number of aromatic nitrogens is 2. The van der Waals surface area contributed by atoms with Crippen molar-refractivity contribution in [1.29, 1.82) is 0 Å². The van der Waals surface area contributed by atoms with Gasteiger partial charge in [0, 0.05) is 37.8 Å². The molecule has 4 heterocycles. The highest BCUT2D eigenvalue weighted by Gasteiger charge is 2.39. The fraction of sp³-hybridized carbons (Fsp3) is 0.750. The molecule has 0 radical (unpaired) electrons. The Balaban J connectivity index is 1.23. The van der Waals surface area contributed by atoms with Crippen LogP contribution < -0.4 is 10.2 Å². The molecule has 3 aliphatic heterocycles. The summed E-state index contributed by atoms with van der Waals surface area (Å²) < 4.78 is 2.65. The van der Waals surface area contributed by atoms with Crippen molar-refractivity contribution < 1.29 is 0 Å². The lowest BCUT2D eigenvalue weighted by molar-refractivity contribution is 0.0443. The summed E-state index contributed by atoms with van der Waals surface area (Å²) in [4.78, 5) is 10.7. The van der Waals surface area contributed by atoms with Gasteiger partial charge in [-0.3, -0.25) is 4.90 Å². The van der Waals surface area contributed by atoms with Crippen LogP contribution >= 0.6 is 0 Å². The third-order valence-electron chi connectivity index (χ3n) is 9.56. The lowest BCUT2D eigenvalue weighted by atomic mass is 9.82. The Hall–Kier alpha value is -1.59. The zero-order valence-electron chi connectivity index (χ0n) is 20.6. The lowest BCUT2D eigenvalue weighted by Gasteiger charge is -2.46. The van der Waals surface area contributed by atoms with E-state index in [1.54, 1.807) is 0 Å². The molecule has 1 N–H and O–H groups in total. The molecule has 2 unspecified atom stereocenters. The number of para-hydroxylation sites is 2. The molecule has 2 aromatic rings. The summed E-state index contributed by atoms with van der Waals surface area (Å²) in [7, 11) is 0. The number of fused-ring (bicyclic) bond motifs is 2. The highest BCUT2D eigenvalue weighted by molar-refractivity contribution is 5.79. The minimum absolute atomic E-state index is 0.420. The summed E-state index contributed by atoms with van der Waals surface area (Å²) in [6.07, 6.45) is 13.8. The number of likely N-dealkylation sites (tertiary alicyclic amines) is 1. The van der Waals surface area contributed by atoms with Gasteiger partial charge in [0.25, 0.3) is 0 Å². The normalized spacial score (nSPS) is 29.7. The molecule has 1 aliphatic carbocycles. The van der Waals surface area contributed by atoms with E-state index < -0.39 is 0 Å². The highest BCUT2D eigenvalue weighted by atomic mass is 15.3. The van der Waals surface area contributed by atoms with Crippen LogP contribution in [0.4, 0.5) is 5.95 Å². The smallest absolute Gasteiger partial charge is 0.206 e. The Morgan fingerprint density at radius 3 is 2.42 bits per heavy atom. The Morgan fingerprint density at radius 1 is 0.909 bits per heavy atom. The molecule has 0 spiro atoms. The average molecular weight is 450 g/mol. The van der Waals surface area contributed by atoms with Crippen molar-refractivity contribution in [3.05, 3.63) is 24.3 Å².